The van der Waals surface area contributed by atoms with Crippen LogP contribution in [0.5, 0.6) is 0 Å². The Labute approximate surface area is 71.5 Å². The molecule has 0 saturated heterocycles. The average Bonchev–Trinajstić information content (AvgIpc) is 1.87. The van der Waals surface area contributed by atoms with E-state index < -0.39 is 12.0 Å². The fraction of sp³-hybridized carbons (Fsp3) is 0.667. The lowest BCUT2D eigenvalue weighted by molar-refractivity contribution is -0.147. The van der Waals surface area contributed by atoms with Crippen LogP contribution in [0.3, 0.4) is 0 Å². The number of halogens is 1. The van der Waals surface area contributed by atoms with Crippen LogP contribution in [0.4, 0.5) is 0 Å². The maximum absolute atomic E-state index is 10.6. The second-order valence-electron chi connectivity index (χ2n) is 1.84. The van der Waals surface area contributed by atoms with Gasteiger partial charge in [-0.15, -0.1) is 12.4 Å². The SMILES string of the molecule is CCOC(=O)C(N)C(C)=O.Cl. The number of rotatable bonds is 3. The zero-order valence-electron chi connectivity index (χ0n) is 6.49. The van der Waals surface area contributed by atoms with Gasteiger partial charge in [-0.3, -0.25) is 4.79 Å². The van der Waals surface area contributed by atoms with Crippen molar-refractivity contribution >= 4 is 24.2 Å². The molecule has 0 radical (unpaired) electrons. The Balaban J connectivity index is 0. The summed E-state index contributed by atoms with van der Waals surface area (Å²) in [7, 11) is 0. The van der Waals surface area contributed by atoms with Crippen molar-refractivity contribution in [3.8, 4) is 0 Å². The summed E-state index contributed by atoms with van der Waals surface area (Å²) in [6.45, 7) is 3.16. The molecule has 5 heteroatoms. The van der Waals surface area contributed by atoms with E-state index in [9.17, 15) is 9.59 Å². The van der Waals surface area contributed by atoms with E-state index in [1.807, 2.05) is 0 Å². The van der Waals surface area contributed by atoms with Crippen molar-refractivity contribution in [3.05, 3.63) is 0 Å². The normalized spacial score (nSPS) is 11.2. The van der Waals surface area contributed by atoms with Gasteiger partial charge in [0.05, 0.1) is 6.61 Å². The van der Waals surface area contributed by atoms with E-state index in [1.165, 1.54) is 6.92 Å². The Bertz CT molecular complexity index is 149. The van der Waals surface area contributed by atoms with Crippen LogP contribution in [-0.4, -0.2) is 24.4 Å². The zero-order valence-corrected chi connectivity index (χ0v) is 7.31. The molecule has 0 aliphatic heterocycles. The number of carbonyl (C=O) groups is 2. The van der Waals surface area contributed by atoms with Gasteiger partial charge < -0.3 is 10.5 Å². The maximum Gasteiger partial charge on any atom is 0.330 e. The van der Waals surface area contributed by atoms with Crippen molar-refractivity contribution in [1.29, 1.82) is 0 Å². The molecule has 0 spiro atoms. The first-order valence-corrected chi connectivity index (χ1v) is 3.02. The monoisotopic (exact) mass is 181 g/mol. The number of esters is 1. The van der Waals surface area contributed by atoms with Crippen molar-refractivity contribution in [2.24, 2.45) is 5.73 Å². The van der Waals surface area contributed by atoms with Gasteiger partial charge in [0.1, 0.15) is 0 Å². The molecule has 0 bridgehead atoms. The molecule has 0 heterocycles. The molecule has 2 N–H and O–H groups in total. The van der Waals surface area contributed by atoms with Crippen molar-refractivity contribution in [1.82, 2.24) is 0 Å². The molecule has 0 aromatic heterocycles. The molecule has 11 heavy (non-hydrogen) atoms. The molecule has 0 saturated carbocycles. The highest BCUT2D eigenvalue weighted by Gasteiger charge is 2.18. The molecule has 0 amide bonds. The number of hydrogen-bond donors (Lipinski definition) is 1. The van der Waals surface area contributed by atoms with Gasteiger partial charge >= 0.3 is 5.97 Å². The van der Waals surface area contributed by atoms with Gasteiger partial charge in [-0.05, 0) is 13.8 Å². The molecule has 4 nitrogen and oxygen atoms in total. The van der Waals surface area contributed by atoms with Gasteiger partial charge in [-0.2, -0.15) is 0 Å². The van der Waals surface area contributed by atoms with Crippen LogP contribution >= 0.6 is 12.4 Å². The molecule has 0 aliphatic carbocycles. The van der Waals surface area contributed by atoms with Crippen LogP contribution in [0.2, 0.25) is 0 Å². The lowest BCUT2D eigenvalue weighted by Crippen LogP contribution is -2.38. The van der Waals surface area contributed by atoms with E-state index in [0.717, 1.165) is 0 Å². The van der Waals surface area contributed by atoms with Crippen LogP contribution in [0.25, 0.3) is 0 Å². The molecule has 1 atom stereocenters. The fourth-order valence-electron chi connectivity index (χ4n) is 0.398. The highest BCUT2D eigenvalue weighted by molar-refractivity contribution is 6.01. The maximum atomic E-state index is 10.6. The van der Waals surface area contributed by atoms with Crippen LogP contribution in [0.1, 0.15) is 13.8 Å². The Kier molecular flexibility index (Phi) is 7.24. The highest BCUT2D eigenvalue weighted by atomic mass is 35.5. The van der Waals surface area contributed by atoms with Crippen molar-refractivity contribution in [2.45, 2.75) is 19.9 Å². The zero-order chi connectivity index (χ0) is 8.15. The Morgan fingerprint density at radius 3 is 2.27 bits per heavy atom. The lowest BCUT2D eigenvalue weighted by atomic mass is 10.2. The third-order valence-electron chi connectivity index (χ3n) is 0.979. The molecular formula is C6H12ClNO3. The number of ketones is 1. The molecular weight excluding hydrogens is 170 g/mol. The first-order valence-electron chi connectivity index (χ1n) is 3.02. The third-order valence-corrected chi connectivity index (χ3v) is 0.979. The van der Waals surface area contributed by atoms with E-state index in [4.69, 9.17) is 5.73 Å². The summed E-state index contributed by atoms with van der Waals surface area (Å²) in [4.78, 5) is 21.1. The van der Waals surface area contributed by atoms with E-state index in [0.29, 0.717) is 0 Å². The second-order valence-corrected chi connectivity index (χ2v) is 1.84. The van der Waals surface area contributed by atoms with Crippen LogP contribution in [-0.2, 0) is 14.3 Å². The number of hydrogen-bond acceptors (Lipinski definition) is 4. The summed E-state index contributed by atoms with van der Waals surface area (Å²) in [5.41, 5.74) is 5.12. The summed E-state index contributed by atoms with van der Waals surface area (Å²) in [5, 5.41) is 0. The van der Waals surface area contributed by atoms with Crippen molar-refractivity contribution in [3.63, 3.8) is 0 Å². The minimum absolute atomic E-state index is 0. The molecule has 1 unspecified atom stereocenters. The summed E-state index contributed by atoms with van der Waals surface area (Å²) in [6, 6.07) is -1.11. The Morgan fingerprint density at radius 2 is 2.00 bits per heavy atom. The summed E-state index contributed by atoms with van der Waals surface area (Å²) in [6.07, 6.45) is 0. The summed E-state index contributed by atoms with van der Waals surface area (Å²) >= 11 is 0. The second kappa shape index (κ2) is 6.12. The smallest absolute Gasteiger partial charge is 0.330 e. The molecule has 66 valence electrons. The van der Waals surface area contributed by atoms with Gasteiger partial charge in [-0.1, -0.05) is 0 Å². The third kappa shape index (κ3) is 4.75. The number of Topliss-reactive ketones (excluding diaryl/α,β-unsaturated/α-hetero) is 1. The summed E-state index contributed by atoms with van der Waals surface area (Å²) < 4.78 is 4.48. The Morgan fingerprint density at radius 1 is 1.55 bits per heavy atom. The average molecular weight is 182 g/mol. The lowest BCUT2D eigenvalue weighted by Gasteiger charge is -2.05. The number of nitrogens with two attached hydrogens (primary N) is 1. The first-order chi connectivity index (χ1) is 4.59. The van der Waals surface area contributed by atoms with Crippen LogP contribution < -0.4 is 5.73 Å². The van der Waals surface area contributed by atoms with Crippen molar-refractivity contribution < 1.29 is 14.3 Å². The van der Waals surface area contributed by atoms with Crippen LogP contribution in [0, 0.1) is 0 Å². The predicted molar refractivity (Wildman–Crippen MR) is 42.5 cm³/mol. The van der Waals surface area contributed by atoms with E-state index in [2.05, 4.69) is 4.74 Å². The first kappa shape index (κ1) is 13.0. The molecule has 0 aliphatic rings. The summed E-state index contributed by atoms with van der Waals surface area (Å²) in [5.74, 6) is -1.03. The molecule has 0 rings (SSSR count). The molecule has 0 fully saturated rings. The minimum Gasteiger partial charge on any atom is -0.464 e. The van der Waals surface area contributed by atoms with E-state index >= 15 is 0 Å². The van der Waals surface area contributed by atoms with Crippen LogP contribution in [0.15, 0.2) is 0 Å². The van der Waals surface area contributed by atoms with E-state index in [-0.39, 0.29) is 24.8 Å². The quantitative estimate of drug-likeness (QED) is 0.487. The predicted octanol–water partition coefficient (Wildman–Crippen LogP) is -0.112. The minimum atomic E-state index is -1.11. The topological polar surface area (TPSA) is 69.4 Å². The Hall–Kier alpha value is -0.610. The van der Waals surface area contributed by atoms with Gasteiger partial charge in [-0.25, -0.2) is 4.79 Å². The standard InChI is InChI=1S/C6H11NO3.ClH/c1-3-10-6(9)5(7)4(2)8;/h5H,3,7H2,1-2H3;1H. The molecule has 0 aromatic carbocycles. The van der Waals surface area contributed by atoms with Gasteiger partial charge in [0, 0.05) is 0 Å². The van der Waals surface area contributed by atoms with Crippen molar-refractivity contribution in [2.75, 3.05) is 6.61 Å². The fourth-order valence-corrected chi connectivity index (χ4v) is 0.398. The largest absolute Gasteiger partial charge is 0.464 e. The van der Waals surface area contributed by atoms with E-state index in [1.54, 1.807) is 6.92 Å². The van der Waals surface area contributed by atoms with Gasteiger partial charge in [0.15, 0.2) is 11.8 Å². The number of carbonyl (C=O) groups excluding carboxylic acids is 2. The highest BCUT2D eigenvalue weighted by Crippen LogP contribution is 1.86. The van der Waals surface area contributed by atoms with Gasteiger partial charge in [0.25, 0.3) is 0 Å². The van der Waals surface area contributed by atoms with Gasteiger partial charge in [0.2, 0.25) is 0 Å². The number of ether oxygens (including phenoxy) is 1. The molecule has 0 aromatic rings.